The first-order valence-electron chi connectivity index (χ1n) is 9.37. The molecule has 5 N–H and O–H groups in total. The number of halogens is 3. The number of hydrogen-bond acceptors (Lipinski definition) is 7. The van der Waals surface area contributed by atoms with Crippen LogP contribution in [0.3, 0.4) is 0 Å². The van der Waals surface area contributed by atoms with Crippen LogP contribution in [0.4, 0.5) is 18.0 Å². The van der Waals surface area contributed by atoms with E-state index in [1.165, 1.54) is 13.0 Å². The molecule has 0 saturated carbocycles. The molecule has 12 heteroatoms. The Morgan fingerprint density at radius 2 is 1.90 bits per heavy atom. The van der Waals surface area contributed by atoms with Crippen LogP contribution in [0.25, 0.3) is 0 Å². The molecule has 2 aliphatic rings. The van der Waals surface area contributed by atoms with Gasteiger partial charge in [-0.3, -0.25) is 0 Å². The third-order valence-corrected chi connectivity index (χ3v) is 5.00. The van der Waals surface area contributed by atoms with Crippen LogP contribution in [0, 0.1) is 0 Å². The van der Waals surface area contributed by atoms with Crippen molar-refractivity contribution in [3.63, 3.8) is 0 Å². The maximum absolute atomic E-state index is 13.6. The molecule has 5 atom stereocenters. The van der Waals surface area contributed by atoms with Gasteiger partial charge in [0, 0.05) is 0 Å². The third kappa shape index (κ3) is 4.37. The first-order chi connectivity index (χ1) is 14.6. The summed E-state index contributed by atoms with van der Waals surface area (Å²) in [6.45, 7) is 0.689. The molecule has 2 heterocycles. The summed E-state index contributed by atoms with van der Waals surface area (Å²) < 4.78 is 51.2. The minimum atomic E-state index is -4.78. The molecule has 0 unspecified atom stereocenters. The van der Waals surface area contributed by atoms with Crippen molar-refractivity contribution in [1.29, 1.82) is 0 Å². The van der Waals surface area contributed by atoms with Crippen molar-refractivity contribution in [2.45, 2.75) is 43.6 Å². The van der Waals surface area contributed by atoms with Crippen molar-refractivity contribution < 1.29 is 47.6 Å². The highest BCUT2D eigenvalue weighted by Gasteiger charge is 2.49. The Labute approximate surface area is 174 Å². The van der Waals surface area contributed by atoms with E-state index in [-0.39, 0.29) is 12.3 Å². The highest BCUT2D eigenvalue weighted by Crippen LogP contribution is 2.40. The van der Waals surface area contributed by atoms with Gasteiger partial charge in [0.05, 0.1) is 36.1 Å². The van der Waals surface area contributed by atoms with Gasteiger partial charge in [-0.05, 0) is 18.6 Å². The average molecular weight is 446 g/mol. The zero-order valence-corrected chi connectivity index (χ0v) is 16.2. The number of ether oxygens (including phenoxy) is 2. The van der Waals surface area contributed by atoms with Gasteiger partial charge in [0.2, 0.25) is 0 Å². The van der Waals surface area contributed by atoms with Crippen molar-refractivity contribution in [2.24, 2.45) is 0 Å². The minimum absolute atomic E-state index is 0.118. The number of carbonyl (C=O) groups excluding carboxylic acids is 2. The Balaban J connectivity index is 2.19. The maximum atomic E-state index is 13.6. The van der Waals surface area contributed by atoms with Gasteiger partial charge in [0.1, 0.15) is 24.4 Å². The zero-order chi connectivity index (χ0) is 22.9. The lowest BCUT2D eigenvalue weighted by Gasteiger charge is -2.33. The molecule has 0 bridgehead atoms. The first-order valence-corrected chi connectivity index (χ1v) is 9.37. The number of aliphatic hydroxyl groups is 3. The normalized spacial score (nSPS) is 28.9. The minimum Gasteiger partial charge on any atom is -0.463 e. The predicted octanol–water partition coefficient (Wildman–Crippen LogP) is 0.358. The van der Waals surface area contributed by atoms with E-state index in [1.54, 1.807) is 0 Å². The first kappa shape index (κ1) is 23.0. The second kappa shape index (κ2) is 8.83. The molecule has 3 rings (SSSR count). The van der Waals surface area contributed by atoms with Crippen LogP contribution >= 0.6 is 0 Å². The highest BCUT2D eigenvalue weighted by molar-refractivity contribution is 5.95. The van der Waals surface area contributed by atoms with E-state index in [4.69, 9.17) is 9.47 Å². The molecule has 170 valence electrons. The van der Waals surface area contributed by atoms with Gasteiger partial charge < -0.3 is 35.4 Å². The van der Waals surface area contributed by atoms with E-state index < -0.39 is 71.9 Å². The molecule has 1 saturated heterocycles. The molecule has 1 aromatic rings. The monoisotopic (exact) mass is 446 g/mol. The lowest BCUT2D eigenvalue weighted by atomic mass is 9.89. The molecule has 0 aromatic heterocycles. The molecule has 31 heavy (non-hydrogen) atoms. The maximum Gasteiger partial charge on any atom is 0.416 e. The van der Waals surface area contributed by atoms with Gasteiger partial charge in [-0.1, -0.05) is 18.2 Å². The third-order valence-electron chi connectivity index (χ3n) is 5.00. The standard InChI is InChI=1S/C19H21F3N2O7/c1-2-30-17(28)11-12(8-5-3-4-6-9(8)19(20,21)22)23-18(29)24-13(11)16-15(27)14(26)10(7-25)31-16/h3-6,10,12,14-16,25-27H,2,7H2,1H3,(H2,23,24,29)/t10-,12-,14-,15-,16+/m1/s1. The van der Waals surface area contributed by atoms with Crippen LogP contribution in [0.15, 0.2) is 35.5 Å². The molecular formula is C19H21F3N2O7. The fraction of sp³-hybridized carbons (Fsp3) is 0.474. The van der Waals surface area contributed by atoms with Crippen LogP contribution in [0.5, 0.6) is 0 Å². The number of nitrogens with one attached hydrogen (secondary N) is 2. The molecule has 0 radical (unpaired) electrons. The predicted molar refractivity (Wildman–Crippen MR) is 97.3 cm³/mol. The average Bonchev–Trinajstić information content (AvgIpc) is 3.01. The topological polar surface area (TPSA) is 137 Å². The molecule has 1 aromatic carbocycles. The van der Waals surface area contributed by atoms with Gasteiger partial charge in [0.25, 0.3) is 0 Å². The molecule has 2 amide bonds. The van der Waals surface area contributed by atoms with Crippen molar-refractivity contribution in [3.8, 4) is 0 Å². The largest absolute Gasteiger partial charge is 0.463 e. The van der Waals surface area contributed by atoms with E-state index >= 15 is 0 Å². The van der Waals surface area contributed by atoms with E-state index in [0.29, 0.717) is 0 Å². The van der Waals surface area contributed by atoms with Crippen molar-refractivity contribution in [3.05, 3.63) is 46.7 Å². The van der Waals surface area contributed by atoms with Crippen LogP contribution in [-0.4, -0.2) is 64.9 Å². The Morgan fingerprint density at radius 1 is 1.23 bits per heavy atom. The number of hydrogen-bond donors (Lipinski definition) is 5. The lowest BCUT2D eigenvalue weighted by Crippen LogP contribution is -2.50. The summed E-state index contributed by atoms with van der Waals surface area (Å²) in [4.78, 5) is 25.1. The summed E-state index contributed by atoms with van der Waals surface area (Å²) in [7, 11) is 0. The van der Waals surface area contributed by atoms with Crippen LogP contribution in [0.2, 0.25) is 0 Å². The van der Waals surface area contributed by atoms with Gasteiger partial charge in [0.15, 0.2) is 0 Å². The number of esters is 1. The molecule has 0 spiro atoms. The molecule has 2 aliphatic heterocycles. The number of urea groups is 1. The second-order valence-corrected chi connectivity index (χ2v) is 6.92. The lowest BCUT2D eigenvalue weighted by molar-refractivity contribution is -0.141. The number of benzene rings is 1. The number of carbonyl (C=O) groups is 2. The van der Waals surface area contributed by atoms with Gasteiger partial charge in [-0.15, -0.1) is 0 Å². The van der Waals surface area contributed by atoms with Gasteiger partial charge in [-0.25, -0.2) is 9.59 Å². The Kier molecular flexibility index (Phi) is 6.55. The fourth-order valence-electron chi connectivity index (χ4n) is 3.62. The Hall–Kier alpha value is -2.67. The van der Waals surface area contributed by atoms with E-state index in [9.17, 15) is 38.1 Å². The van der Waals surface area contributed by atoms with Gasteiger partial charge >= 0.3 is 18.2 Å². The number of alkyl halides is 3. The SMILES string of the molecule is CCOC(=O)C1=C([C@@H]2O[C@H](CO)[C@@H](O)[C@H]2O)NC(=O)N[C@@H]1c1ccccc1C(F)(F)F. The quantitative estimate of drug-likeness (QED) is 0.412. The summed E-state index contributed by atoms with van der Waals surface area (Å²) in [5.74, 6) is -1.05. The number of aliphatic hydroxyl groups excluding tert-OH is 3. The molecule has 1 fully saturated rings. The van der Waals surface area contributed by atoms with Gasteiger partial charge in [-0.2, -0.15) is 13.2 Å². The summed E-state index contributed by atoms with van der Waals surface area (Å²) in [6.07, 6.45) is -10.7. The van der Waals surface area contributed by atoms with E-state index in [2.05, 4.69) is 10.6 Å². The van der Waals surface area contributed by atoms with Crippen molar-refractivity contribution in [1.82, 2.24) is 10.6 Å². The fourth-order valence-corrected chi connectivity index (χ4v) is 3.62. The highest BCUT2D eigenvalue weighted by atomic mass is 19.4. The van der Waals surface area contributed by atoms with Crippen LogP contribution in [0.1, 0.15) is 24.1 Å². The molecular weight excluding hydrogens is 425 g/mol. The molecule has 9 nitrogen and oxygen atoms in total. The summed E-state index contributed by atoms with van der Waals surface area (Å²) in [6, 6.07) is 1.85. The van der Waals surface area contributed by atoms with Crippen LogP contribution < -0.4 is 10.6 Å². The summed E-state index contributed by atoms with van der Waals surface area (Å²) in [5.41, 5.74) is -2.28. The molecule has 0 aliphatic carbocycles. The summed E-state index contributed by atoms with van der Waals surface area (Å²) >= 11 is 0. The Morgan fingerprint density at radius 3 is 2.48 bits per heavy atom. The Bertz CT molecular complexity index is 889. The van der Waals surface area contributed by atoms with Crippen molar-refractivity contribution in [2.75, 3.05) is 13.2 Å². The number of amides is 2. The summed E-state index contributed by atoms with van der Waals surface area (Å²) in [5, 5.41) is 34.2. The van der Waals surface area contributed by atoms with Crippen molar-refractivity contribution >= 4 is 12.0 Å². The number of rotatable bonds is 5. The smallest absolute Gasteiger partial charge is 0.416 e. The van der Waals surface area contributed by atoms with E-state index in [0.717, 1.165) is 18.2 Å². The van der Waals surface area contributed by atoms with E-state index in [1.807, 2.05) is 0 Å². The second-order valence-electron chi connectivity index (χ2n) is 6.92. The van der Waals surface area contributed by atoms with Crippen LogP contribution in [-0.2, 0) is 20.4 Å². The zero-order valence-electron chi connectivity index (χ0n) is 16.2.